The lowest BCUT2D eigenvalue weighted by molar-refractivity contribution is -0.137. The number of sulfonamides is 1. The largest absolute Gasteiger partial charge is 0.416 e. The molecule has 0 heterocycles. The Morgan fingerprint density at radius 2 is 1.70 bits per heavy atom. The zero-order valence-electron chi connectivity index (χ0n) is 13.1. The van der Waals surface area contributed by atoms with E-state index < -0.39 is 21.8 Å². The second-order valence-corrected chi connectivity index (χ2v) is 8.08. The molecule has 0 aliphatic heterocycles. The summed E-state index contributed by atoms with van der Waals surface area (Å²) in [5.41, 5.74) is 0.0840. The van der Waals surface area contributed by atoms with Crippen molar-refractivity contribution >= 4 is 10.0 Å². The predicted molar refractivity (Wildman–Crippen MR) is 83.6 cm³/mol. The monoisotopic (exact) mass is 349 g/mol. The third-order valence-corrected chi connectivity index (χ3v) is 5.14. The molecular weight excluding hydrogens is 327 g/mol. The Labute approximate surface area is 135 Å². The molecule has 0 unspecified atom stereocenters. The van der Waals surface area contributed by atoms with E-state index in [-0.39, 0.29) is 12.5 Å². The molecule has 1 aliphatic carbocycles. The zero-order valence-corrected chi connectivity index (χ0v) is 13.9. The Morgan fingerprint density at radius 3 is 2.17 bits per heavy atom. The highest BCUT2D eigenvalue weighted by atomic mass is 32.2. The summed E-state index contributed by atoms with van der Waals surface area (Å²) in [5.74, 6) is 0.210. The molecule has 0 saturated heterocycles. The van der Waals surface area contributed by atoms with Gasteiger partial charge in [0.05, 0.1) is 11.8 Å². The van der Waals surface area contributed by atoms with Gasteiger partial charge in [-0.3, -0.25) is 0 Å². The first-order valence-corrected chi connectivity index (χ1v) is 9.68. The highest BCUT2D eigenvalue weighted by molar-refractivity contribution is 7.88. The number of nitrogens with one attached hydrogen (secondary N) is 1. The molecule has 1 N–H and O–H groups in total. The molecule has 1 aromatic rings. The predicted octanol–water partition coefficient (Wildman–Crippen LogP) is 3.92. The number of hydrogen-bond acceptors (Lipinski definition) is 2. The summed E-state index contributed by atoms with van der Waals surface area (Å²) in [6.07, 6.45) is 2.03. The normalized spacial score (nSPS) is 18.8. The molecular formula is C16H22F3NO2S. The van der Waals surface area contributed by atoms with Crippen LogP contribution in [0.25, 0.3) is 0 Å². The summed E-state index contributed by atoms with van der Waals surface area (Å²) in [6.45, 7) is 0.231. The molecule has 1 atom stereocenters. The molecule has 7 heteroatoms. The summed E-state index contributed by atoms with van der Waals surface area (Å²) in [4.78, 5) is 0. The van der Waals surface area contributed by atoms with E-state index in [9.17, 15) is 21.6 Å². The van der Waals surface area contributed by atoms with Gasteiger partial charge in [-0.15, -0.1) is 0 Å². The van der Waals surface area contributed by atoms with Crippen molar-refractivity contribution in [2.24, 2.45) is 5.92 Å². The number of alkyl halides is 3. The topological polar surface area (TPSA) is 46.2 Å². The number of hydrogen-bond donors (Lipinski definition) is 1. The van der Waals surface area contributed by atoms with E-state index in [1.165, 1.54) is 12.1 Å². The lowest BCUT2D eigenvalue weighted by atomic mass is 9.77. The van der Waals surface area contributed by atoms with Gasteiger partial charge in [-0.2, -0.15) is 13.2 Å². The molecule has 0 spiro atoms. The summed E-state index contributed by atoms with van der Waals surface area (Å²) < 4.78 is 63.3. The molecule has 2 rings (SSSR count). The Morgan fingerprint density at radius 1 is 1.13 bits per heavy atom. The van der Waals surface area contributed by atoms with Crippen molar-refractivity contribution < 1.29 is 21.6 Å². The molecule has 1 fully saturated rings. The van der Waals surface area contributed by atoms with E-state index in [4.69, 9.17) is 0 Å². The molecule has 3 nitrogen and oxygen atoms in total. The van der Waals surface area contributed by atoms with E-state index >= 15 is 0 Å². The van der Waals surface area contributed by atoms with Crippen molar-refractivity contribution in [3.05, 3.63) is 35.4 Å². The van der Waals surface area contributed by atoms with Crippen LogP contribution in [0.2, 0.25) is 0 Å². The molecule has 0 aromatic heterocycles. The average Bonchev–Trinajstić information content (AvgIpc) is 2.47. The maximum atomic E-state index is 12.7. The van der Waals surface area contributed by atoms with Gasteiger partial charge in [0, 0.05) is 12.5 Å². The van der Waals surface area contributed by atoms with Crippen LogP contribution in [0.1, 0.15) is 49.1 Å². The molecule has 1 aromatic carbocycles. The third-order valence-electron chi connectivity index (χ3n) is 4.45. The van der Waals surface area contributed by atoms with Gasteiger partial charge in [-0.1, -0.05) is 31.4 Å². The lowest BCUT2D eigenvalue weighted by Crippen LogP contribution is -2.31. The van der Waals surface area contributed by atoms with Crippen LogP contribution < -0.4 is 4.72 Å². The summed E-state index contributed by atoms with van der Waals surface area (Å²) >= 11 is 0. The van der Waals surface area contributed by atoms with Crippen LogP contribution in [0.5, 0.6) is 0 Å². The SMILES string of the molecule is CS(=O)(=O)NC[C@H](c1ccc(C(F)(F)F)cc1)C1CCCCC1. The van der Waals surface area contributed by atoms with Gasteiger partial charge < -0.3 is 0 Å². The highest BCUT2D eigenvalue weighted by Gasteiger charge is 2.31. The fourth-order valence-corrected chi connectivity index (χ4v) is 3.74. The summed E-state index contributed by atoms with van der Waals surface area (Å²) in [5, 5.41) is 0. The maximum Gasteiger partial charge on any atom is 0.416 e. The highest BCUT2D eigenvalue weighted by Crippen LogP contribution is 2.37. The molecule has 1 aliphatic rings. The van der Waals surface area contributed by atoms with Gasteiger partial charge in [-0.05, 0) is 36.5 Å². The van der Waals surface area contributed by atoms with E-state index in [1.54, 1.807) is 0 Å². The fourth-order valence-electron chi connectivity index (χ4n) is 3.25. The minimum atomic E-state index is -4.36. The van der Waals surface area contributed by atoms with Gasteiger partial charge in [0.15, 0.2) is 0 Å². The van der Waals surface area contributed by atoms with Crippen molar-refractivity contribution in [3.63, 3.8) is 0 Å². The average molecular weight is 349 g/mol. The van der Waals surface area contributed by atoms with Crippen molar-refractivity contribution in [3.8, 4) is 0 Å². The number of rotatable bonds is 5. The van der Waals surface area contributed by atoms with Crippen LogP contribution in [0.15, 0.2) is 24.3 Å². The quantitative estimate of drug-likeness (QED) is 0.876. The van der Waals surface area contributed by atoms with Gasteiger partial charge in [-0.25, -0.2) is 13.1 Å². The van der Waals surface area contributed by atoms with Gasteiger partial charge >= 0.3 is 6.18 Å². The van der Waals surface area contributed by atoms with Crippen LogP contribution in [-0.4, -0.2) is 21.2 Å². The summed E-state index contributed by atoms with van der Waals surface area (Å²) in [6, 6.07) is 5.11. The van der Waals surface area contributed by atoms with Crippen LogP contribution in [0.3, 0.4) is 0 Å². The zero-order chi connectivity index (χ0) is 17.1. The molecule has 0 amide bonds. The molecule has 23 heavy (non-hydrogen) atoms. The summed E-state index contributed by atoms with van der Waals surface area (Å²) in [7, 11) is -3.33. The molecule has 1 saturated carbocycles. The Kier molecular flexibility index (Phi) is 5.73. The van der Waals surface area contributed by atoms with Gasteiger partial charge in [0.1, 0.15) is 0 Å². The van der Waals surface area contributed by atoms with E-state index in [2.05, 4.69) is 4.72 Å². The Bertz CT molecular complexity index is 605. The first kappa shape index (κ1) is 18.3. The fraction of sp³-hybridized carbons (Fsp3) is 0.625. The number of benzene rings is 1. The smallest absolute Gasteiger partial charge is 0.215 e. The minimum Gasteiger partial charge on any atom is -0.215 e. The molecule has 0 bridgehead atoms. The maximum absolute atomic E-state index is 12.7. The van der Waals surface area contributed by atoms with Gasteiger partial charge in [0.25, 0.3) is 0 Å². The standard InChI is InChI=1S/C16H22F3NO2S/c1-23(21,22)20-11-15(12-5-3-2-4-6-12)13-7-9-14(10-8-13)16(17,18)19/h7-10,12,15,20H,2-6,11H2,1H3/t15-/m0/s1. The Hall–Kier alpha value is -1.08. The third kappa shape index (κ3) is 5.49. The molecule has 130 valence electrons. The lowest BCUT2D eigenvalue weighted by Gasteiger charge is -2.31. The van der Waals surface area contributed by atoms with Crippen LogP contribution in [0.4, 0.5) is 13.2 Å². The second-order valence-electron chi connectivity index (χ2n) is 6.24. The van der Waals surface area contributed by atoms with Crippen molar-refractivity contribution in [1.82, 2.24) is 4.72 Å². The van der Waals surface area contributed by atoms with E-state index in [1.807, 2.05) is 0 Å². The Balaban J connectivity index is 2.21. The first-order valence-electron chi connectivity index (χ1n) is 7.78. The van der Waals surface area contributed by atoms with Crippen molar-refractivity contribution in [2.45, 2.75) is 44.2 Å². The first-order chi connectivity index (χ1) is 10.7. The van der Waals surface area contributed by atoms with Crippen molar-refractivity contribution in [1.29, 1.82) is 0 Å². The second kappa shape index (κ2) is 7.21. The minimum absolute atomic E-state index is 0.0905. The van der Waals surface area contributed by atoms with Gasteiger partial charge in [0.2, 0.25) is 10.0 Å². The molecule has 0 radical (unpaired) electrons. The van der Waals surface area contributed by atoms with E-state index in [0.717, 1.165) is 56.1 Å². The number of halogens is 3. The van der Waals surface area contributed by atoms with Crippen LogP contribution >= 0.6 is 0 Å². The van der Waals surface area contributed by atoms with E-state index in [0.29, 0.717) is 5.92 Å². The van der Waals surface area contributed by atoms with Crippen LogP contribution in [-0.2, 0) is 16.2 Å². The van der Waals surface area contributed by atoms with Crippen LogP contribution in [0, 0.1) is 5.92 Å². The van der Waals surface area contributed by atoms with Crippen molar-refractivity contribution in [2.75, 3.05) is 12.8 Å².